The van der Waals surface area contributed by atoms with Crippen LogP contribution in [0.3, 0.4) is 0 Å². The van der Waals surface area contributed by atoms with Crippen LogP contribution in [0.5, 0.6) is 0 Å². The maximum Gasteiger partial charge on any atom is 0.0545 e. The lowest BCUT2D eigenvalue weighted by Gasteiger charge is -2.27. The number of nitrogens with zero attached hydrogens (tertiary/aromatic N) is 1. The van der Waals surface area contributed by atoms with E-state index >= 15 is 0 Å². The highest BCUT2D eigenvalue weighted by Gasteiger charge is 2.62. The number of rotatable bonds is 1. The van der Waals surface area contributed by atoms with Crippen molar-refractivity contribution in [3.63, 3.8) is 0 Å². The Morgan fingerprint density at radius 1 is 1.19 bits per heavy atom. The zero-order valence-corrected chi connectivity index (χ0v) is 9.26. The van der Waals surface area contributed by atoms with Crippen molar-refractivity contribution < 1.29 is 0 Å². The first-order chi connectivity index (χ1) is 7.90. The fourth-order valence-corrected chi connectivity index (χ4v) is 3.42. The molecule has 2 saturated heterocycles. The van der Waals surface area contributed by atoms with Gasteiger partial charge in [0.25, 0.3) is 0 Å². The molecule has 0 aromatic heterocycles. The van der Waals surface area contributed by atoms with Crippen molar-refractivity contribution in [2.75, 3.05) is 19.6 Å². The summed E-state index contributed by atoms with van der Waals surface area (Å²) in [6, 6.07) is 11.4. The Kier molecular flexibility index (Phi) is 1.66. The van der Waals surface area contributed by atoms with Gasteiger partial charge in [-0.1, -0.05) is 42.5 Å². The molecule has 0 saturated carbocycles. The third-order valence-corrected chi connectivity index (χ3v) is 4.40. The first-order valence-electron chi connectivity index (χ1n) is 6.11. The molecule has 0 aliphatic carbocycles. The van der Waals surface area contributed by atoms with Crippen molar-refractivity contribution >= 4 is 0 Å². The lowest BCUT2D eigenvalue weighted by molar-refractivity contribution is 0.325. The Labute approximate surface area is 96.0 Å². The minimum absolute atomic E-state index is 0.468. The summed E-state index contributed by atoms with van der Waals surface area (Å²) in [5.74, 6) is 0.743. The van der Waals surface area contributed by atoms with Crippen molar-refractivity contribution in [3.8, 4) is 0 Å². The molecule has 2 fully saturated rings. The second-order valence-electron chi connectivity index (χ2n) is 5.21. The molecule has 3 aliphatic heterocycles. The summed E-state index contributed by atoms with van der Waals surface area (Å²) in [5, 5.41) is 3.53. The van der Waals surface area contributed by atoms with E-state index < -0.39 is 0 Å². The fraction of sp³-hybridized carbons (Fsp3) is 0.429. The van der Waals surface area contributed by atoms with Crippen LogP contribution >= 0.6 is 0 Å². The third-order valence-electron chi connectivity index (χ3n) is 4.40. The lowest BCUT2D eigenvalue weighted by atomic mass is 9.90. The monoisotopic (exact) mass is 212 g/mol. The molecule has 0 radical (unpaired) electrons. The fourth-order valence-electron chi connectivity index (χ4n) is 3.42. The summed E-state index contributed by atoms with van der Waals surface area (Å²) < 4.78 is 0. The summed E-state index contributed by atoms with van der Waals surface area (Å²) >= 11 is 0. The molecule has 1 aromatic rings. The van der Waals surface area contributed by atoms with Gasteiger partial charge in [0.2, 0.25) is 0 Å². The van der Waals surface area contributed by atoms with E-state index in [2.05, 4.69) is 52.7 Å². The minimum atomic E-state index is 0.468. The van der Waals surface area contributed by atoms with Crippen LogP contribution < -0.4 is 5.32 Å². The molecular formula is C14H16N2. The second-order valence-corrected chi connectivity index (χ2v) is 5.21. The van der Waals surface area contributed by atoms with Crippen LogP contribution in [0, 0.1) is 5.92 Å². The highest BCUT2D eigenvalue weighted by atomic mass is 15.4. The molecule has 0 amide bonds. The summed E-state index contributed by atoms with van der Waals surface area (Å²) in [5.41, 5.74) is 1.90. The average molecular weight is 212 g/mol. The molecule has 2 nitrogen and oxygen atoms in total. The van der Waals surface area contributed by atoms with E-state index in [-0.39, 0.29) is 0 Å². The van der Waals surface area contributed by atoms with Crippen molar-refractivity contribution in [3.05, 3.63) is 48.0 Å². The van der Waals surface area contributed by atoms with Crippen molar-refractivity contribution in [1.82, 2.24) is 10.2 Å². The molecule has 1 aromatic carbocycles. The molecule has 4 atom stereocenters. The van der Waals surface area contributed by atoms with Gasteiger partial charge in [-0.25, -0.2) is 0 Å². The summed E-state index contributed by atoms with van der Waals surface area (Å²) in [6.07, 6.45) is 4.82. The molecule has 82 valence electrons. The smallest absolute Gasteiger partial charge is 0.0545 e. The van der Waals surface area contributed by atoms with E-state index in [0.29, 0.717) is 11.6 Å². The third kappa shape index (κ3) is 1.04. The summed E-state index contributed by atoms with van der Waals surface area (Å²) in [6.45, 7) is 3.59. The standard InChI is InChI=1S/C14H16N2/c1-2-4-11(5-3-1)13-7-6-12-8-15-9-14(12)10-16(13)14/h1-7,12-13,15H,8-10H2/t12-,13+,14+,16?/m1/s1. The van der Waals surface area contributed by atoms with Crippen molar-refractivity contribution in [1.29, 1.82) is 0 Å². The van der Waals surface area contributed by atoms with Gasteiger partial charge in [0.1, 0.15) is 0 Å². The molecule has 4 rings (SSSR count). The summed E-state index contributed by atoms with van der Waals surface area (Å²) in [7, 11) is 0. The predicted molar refractivity (Wildman–Crippen MR) is 64.1 cm³/mol. The maximum atomic E-state index is 3.53. The van der Waals surface area contributed by atoms with E-state index in [1.54, 1.807) is 0 Å². The molecule has 16 heavy (non-hydrogen) atoms. The van der Waals surface area contributed by atoms with Crippen molar-refractivity contribution in [2.24, 2.45) is 5.92 Å². The first-order valence-corrected chi connectivity index (χ1v) is 6.11. The van der Waals surface area contributed by atoms with E-state index in [4.69, 9.17) is 0 Å². The van der Waals surface area contributed by atoms with Crippen LogP contribution in [0.25, 0.3) is 0 Å². The van der Waals surface area contributed by atoms with Gasteiger partial charge in [-0.3, -0.25) is 4.90 Å². The molecular weight excluding hydrogens is 196 g/mol. The average Bonchev–Trinajstić information content (AvgIpc) is 2.92. The van der Waals surface area contributed by atoms with Gasteiger partial charge in [-0.15, -0.1) is 0 Å². The molecule has 1 unspecified atom stereocenters. The van der Waals surface area contributed by atoms with Gasteiger partial charge in [0, 0.05) is 25.6 Å². The zero-order valence-electron chi connectivity index (χ0n) is 9.26. The van der Waals surface area contributed by atoms with Gasteiger partial charge < -0.3 is 5.32 Å². The van der Waals surface area contributed by atoms with E-state index in [1.807, 2.05) is 0 Å². The van der Waals surface area contributed by atoms with Crippen LogP contribution in [0.15, 0.2) is 42.5 Å². The topological polar surface area (TPSA) is 15.0 Å². The first kappa shape index (κ1) is 8.97. The predicted octanol–water partition coefficient (Wildman–Crippen LogP) is 1.57. The van der Waals surface area contributed by atoms with Gasteiger partial charge in [0.05, 0.1) is 11.6 Å². The van der Waals surface area contributed by atoms with Gasteiger partial charge in [-0.2, -0.15) is 0 Å². The van der Waals surface area contributed by atoms with Gasteiger partial charge in [0.15, 0.2) is 0 Å². The highest BCUT2D eigenvalue weighted by molar-refractivity contribution is 5.35. The molecule has 0 bridgehead atoms. The molecule has 1 spiro atoms. The largest absolute Gasteiger partial charge is 0.314 e. The highest BCUT2D eigenvalue weighted by Crippen LogP contribution is 2.51. The van der Waals surface area contributed by atoms with E-state index in [0.717, 1.165) is 12.5 Å². The SMILES string of the molecule is C1=C[C@@H](c2ccccc2)N2C[C@]23CNC[C@@H]13. The lowest BCUT2D eigenvalue weighted by Crippen LogP contribution is -2.31. The van der Waals surface area contributed by atoms with Crippen LogP contribution in [0.2, 0.25) is 0 Å². The molecule has 1 N–H and O–H groups in total. The van der Waals surface area contributed by atoms with Gasteiger partial charge >= 0.3 is 0 Å². The Hall–Kier alpha value is -1.12. The van der Waals surface area contributed by atoms with Crippen LogP contribution in [-0.4, -0.2) is 30.1 Å². The molecule has 2 heteroatoms. The minimum Gasteiger partial charge on any atom is -0.314 e. The maximum absolute atomic E-state index is 3.53. The van der Waals surface area contributed by atoms with Gasteiger partial charge in [-0.05, 0) is 5.56 Å². The number of nitrogens with one attached hydrogen (secondary N) is 1. The second kappa shape index (κ2) is 2.96. The van der Waals surface area contributed by atoms with Crippen LogP contribution in [0.1, 0.15) is 11.6 Å². The molecule has 3 aliphatic rings. The number of benzene rings is 1. The number of hydrogen-bond donors (Lipinski definition) is 1. The summed E-state index contributed by atoms with van der Waals surface area (Å²) in [4.78, 5) is 2.65. The number of hydrogen-bond acceptors (Lipinski definition) is 2. The zero-order chi connectivity index (χ0) is 10.6. The Balaban J connectivity index is 1.71. The normalized spacial score (nSPS) is 43.9. The Morgan fingerprint density at radius 3 is 2.94 bits per heavy atom. The van der Waals surface area contributed by atoms with E-state index in [9.17, 15) is 0 Å². The van der Waals surface area contributed by atoms with Crippen molar-refractivity contribution in [2.45, 2.75) is 11.6 Å². The van der Waals surface area contributed by atoms with E-state index in [1.165, 1.54) is 18.7 Å². The van der Waals surface area contributed by atoms with Crippen LogP contribution in [0.4, 0.5) is 0 Å². The molecule has 3 heterocycles. The quantitative estimate of drug-likeness (QED) is 0.561. The van der Waals surface area contributed by atoms with Crippen LogP contribution in [-0.2, 0) is 0 Å². The Morgan fingerprint density at radius 2 is 2.06 bits per heavy atom. The Bertz CT molecular complexity index is 439.